The first-order valence-electron chi connectivity index (χ1n) is 9.50. The Morgan fingerprint density at radius 3 is 2.43 bits per heavy atom. The van der Waals surface area contributed by atoms with Gasteiger partial charge in [-0.05, 0) is 24.2 Å². The maximum Gasteiger partial charge on any atom is 0.153 e. The van der Waals surface area contributed by atoms with E-state index in [0.717, 1.165) is 62.6 Å². The molecule has 2 fully saturated rings. The maximum absolute atomic E-state index is 8.37. The molecule has 1 aromatic carbocycles. The molecule has 0 bridgehead atoms. The standard InChI is InChI=1S/C19H28BN5O2S/c1-26-14-4-3-13(15(11-14)27-2)12-24-7-9-25(10-8-24)16(21)17(28)23-18(22)19(20)5-6-19/h3-4,11,21H,5-10,12,20H2,1-2H3,(H2,22,23,28). The zero-order chi connectivity index (χ0) is 20.3. The summed E-state index contributed by atoms with van der Waals surface area (Å²) in [4.78, 5) is 8.59. The number of piperazine rings is 1. The molecule has 150 valence electrons. The monoisotopic (exact) mass is 401 g/mol. The molecule has 2 aliphatic rings. The predicted molar refractivity (Wildman–Crippen MR) is 119 cm³/mol. The number of nitrogens with one attached hydrogen (secondary N) is 2. The number of hydrogen-bond donors (Lipinski definition) is 3. The summed E-state index contributed by atoms with van der Waals surface area (Å²) in [5, 5.41) is 16.7. The second-order valence-electron chi connectivity index (χ2n) is 7.63. The lowest BCUT2D eigenvalue weighted by atomic mass is 9.82. The molecule has 1 aliphatic carbocycles. The Kier molecular flexibility index (Phi) is 6.35. The molecule has 0 atom stereocenters. The fourth-order valence-corrected chi connectivity index (χ4v) is 3.45. The van der Waals surface area contributed by atoms with E-state index in [1.807, 2.05) is 30.9 Å². The number of aliphatic imine (C=N–C) groups is 1. The Balaban J connectivity index is 1.55. The lowest BCUT2D eigenvalue weighted by Gasteiger charge is -2.36. The Morgan fingerprint density at radius 2 is 1.86 bits per heavy atom. The van der Waals surface area contributed by atoms with Crippen molar-refractivity contribution in [1.82, 2.24) is 9.80 Å². The Hall–Kier alpha value is -2.00. The number of methoxy groups -OCH3 is 2. The topological polar surface area (TPSA) is 85.0 Å². The normalized spacial score (nSPS) is 19.2. The molecule has 1 saturated heterocycles. The fraction of sp³-hybridized carbons (Fsp3) is 0.526. The summed E-state index contributed by atoms with van der Waals surface area (Å²) in [7, 11) is 5.36. The van der Waals surface area contributed by atoms with Crippen molar-refractivity contribution in [3.05, 3.63) is 23.8 Å². The highest BCUT2D eigenvalue weighted by Crippen LogP contribution is 2.51. The Morgan fingerprint density at radius 1 is 1.18 bits per heavy atom. The van der Waals surface area contributed by atoms with E-state index in [1.54, 1.807) is 14.2 Å². The molecule has 0 radical (unpaired) electrons. The van der Waals surface area contributed by atoms with Crippen molar-refractivity contribution in [2.75, 3.05) is 40.4 Å². The first kappa shape index (κ1) is 20.7. The molecule has 0 spiro atoms. The second kappa shape index (κ2) is 8.57. The van der Waals surface area contributed by atoms with Crippen molar-refractivity contribution in [1.29, 1.82) is 10.8 Å². The van der Waals surface area contributed by atoms with Crippen LogP contribution >= 0.6 is 12.6 Å². The molecule has 0 unspecified atom stereocenters. The second-order valence-corrected chi connectivity index (χ2v) is 8.06. The number of nitrogens with zero attached hydrogens (tertiary/aromatic N) is 3. The summed E-state index contributed by atoms with van der Waals surface area (Å²) >= 11 is 4.38. The van der Waals surface area contributed by atoms with Crippen molar-refractivity contribution in [2.45, 2.75) is 24.7 Å². The van der Waals surface area contributed by atoms with Gasteiger partial charge >= 0.3 is 0 Å². The van der Waals surface area contributed by atoms with E-state index < -0.39 is 0 Å². The zero-order valence-corrected chi connectivity index (χ0v) is 17.7. The molecule has 0 aromatic heterocycles. The van der Waals surface area contributed by atoms with Crippen LogP contribution < -0.4 is 9.47 Å². The Labute approximate surface area is 172 Å². The third-order valence-electron chi connectivity index (χ3n) is 5.58. The number of hydrogen-bond acceptors (Lipinski definition) is 5. The van der Waals surface area contributed by atoms with Gasteiger partial charge in [0.1, 0.15) is 30.2 Å². The third kappa shape index (κ3) is 4.70. The predicted octanol–water partition coefficient (Wildman–Crippen LogP) is 1.69. The van der Waals surface area contributed by atoms with Gasteiger partial charge in [-0.2, -0.15) is 0 Å². The van der Waals surface area contributed by atoms with E-state index in [2.05, 4.69) is 22.5 Å². The molecule has 2 N–H and O–H groups in total. The van der Waals surface area contributed by atoms with E-state index in [0.29, 0.717) is 16.7 Å². The highest BCUT2D eigenvalue weighted by atomic mass is 32.1. The van der Waals surface area contributed by atoms with Crippen LogP contribution in [0.2, 0.25) is 5.31 Å². The first-order chi connectivity index (χ1) is 13.4. The molecule has 28 heavy (non-hydrogen) atoms. The molecule has 1 aliphatic heterocycles. The molecule has 1 aromatic rings. The molecule has 3 rings (SSSR count). The summed E-state index contributed by atoms with van der Waals surface area (Å²) in [6.45, 7) is 3.95. The van der Waals surface area contributed by atoms with Crippen LogP contribution in [-0.2, 0) is 6.54 Å². The number of amidine groups is 2. The highest BCUT2D eigenvalue weighted by Gasteiger charge is 2.42. The molecular formula is C19H28BN5O2S. The van der Waals surface area contributed by atoms with Crippen molar-refractivity contribution in [3.8, 4) is 11.5 Å². The van der Waals surface area contributed by atoms with Gasteiger partial charge in [0.2, 0.25) is 0 Å². The van der Waals surface area contributed by atoms with Gasteiger partial charge in [-0.1, -0.05) is 6.07 Å². The smallest absolute Gasteiger partial charge is 0.153 e. The molecule has 7 nitrogen and oxygen atoms in total. The van der Waals surface area contributed by atoms with E-state index in [4.69, 9.17) is 20.3 Å². The number of rotatable bonds is 6. The summed E-state index contributed by atoms with van der Waals surface area (Å²) in [6.07, 6.45) is 1.99. The van der Waals surface area contributed by atoms with Crippen LogP contribution in [-0.4, -0.2) is 74.8 Å². The quantitative estimate of drug-likeness (QED) is 0.293. The molecule has 0 amide bonds. The van der Waals surface area contributed by atoms with E-state index in [-0.39, 0.29) is 5.31 Å². The number of ether oxygens (including phenoxy) is 2. The summed E-state index contributed by atoms with van der Waals surface area (Å²) in [5.41, 5.74) is 1.12. The van der Waals surface area contributed by atoms with E-state index in [9.17, 15) is 0 Å². The minimum atomic E-state index is -0.107. The van der Waals surface area contributed by atoms with Crippen LogP contribution in [0, 0.1) is 10.8 Å². The van der Waals surface area contributed by atoms with Gasteiger partial charge in [0.15, 0.2) is 5.84 Å². The molecular weight excluding hydrogens is 373 g/mol. The van der Waals surface area contributed by atoms with Gasteiger partial charge in [-0.15, -0.1) is 12.6 Å². The van der Waals surface area contributed by atoms with Crippen LogP contribution in [0.3, 0.4) is 0 Å². The average Bonchev–Trinajstić information content (AvgIpc) is 3.47. The first-order valence-corrected chi connectivity index (χ1v) is 9.95. The fourth-order valence-electron chi connectivity index (χ4n) is 3.21. The highest BCUT2D eigenvalue weighted by molar-refractivity contribution is 7.99. The van der Waals surface area contributed by atoms with E-state index >= 15 is 0 Å². The average molecular weight is 401 g/mol. The van der Waals surface area contributed by atoms with Gasteiger partial charge in [0.25, 0.3) is 0 Å². The van der Waals surface area contributed by atoms with Crippen molar-refractivity contribution < 1.29 is 9.47 Å². The molecule has 1 saturated carbocycles. The lowest BCUT2D eigenvalue weighted by Crippen LogP contribution is -2.49. The van der Waals surface area contributed by atoms with Crippen LogP contribution in [0.4, 0.5) is 0 Å². The zero-order valence-electron chi connectivity index (χ0n) is 16.8. The summed E-state index contributed by atoms with van der Waals surface area (Å²) < 4.78 is 10.8. The number of benzene rings is 1. The molecule has 9 heteroatoms. The minimum absolute atomic E-state index is 0.107. The van der Waals surface area contributed by atoms with Gasteiger partial charge in [-0.3, -0.25) is 15.7 Å². The summed E-state index contributed by atoms with van der Waals surface area (Å²) in [6, 6.07) is 5.89. The van der Waals surface area contributed by atoms with Crippen LogP contribution in [0.15, 0.2) is 23.2 Å². The van der Waals surface area contributed by atoms with Gasteiger partial charge in [0.05, 0.1) is 14.2 Å². The van der Waals surface area contributed by atoms with Crippen LogP contribution in [0.5, 0.6) is 11.5 Å². The van der Waals surface area contributed by atoms with E-state index in [1.165, 1.54) is 0 Å². The Bertz CT molecular complexity index is 789. The van der Waals surface area contributed by atoms with Crippen molar-refractivity contribution >= 4 is 37.2 Å². The summed E-state index contributed by atoms with van der Waals surface area (Å²) in [5.74, 6) is 2.25. The maximum atomic E-state index is 8.37. The largest absolute Gasteiger partial charge is 0.497 e. The van der Waals surface area contributed by atoms with Gasteiger partial charge < -0.3 is 14.4 Å². The van der Waals surface area contributed by atoms with Crippen LogP contribution in [0.1, 0.15) is 18.4 Å². The van der Waals surface area contributed by atoms with Gasteiger partial charge in [-0.25, -0.2) is 4.99 Å². The van der Waals surface area contributed by atoms with Crippen molar-refractivity contribution in [2.24, 2.45) is 4.99 Å². The third-order valence-corrected chi connectivity index (χ3v) is 5.89. The SMILES string of the molecule is BC1(C(=N)/N=C(\S)C(=N)N2CCN(Cc3ccc(OC)cc3OC)CC2)CC1. The van der Waals surface area contributed by atoms with Crippen molar-refractivity contribution in [3.63, 3.8) is 0 Å². The minimum Gasteiger partial charge on any atom is -0.497 e. The lowest BCUT2D eigenvalue weighted by molar-refractivity contribution is 0.174. The van der Waals surface area contributed by atoms with Crippen LogP contribution in [0.25, 0.3) is 0 Å². The number of thiol groups is 1. The molecule has 1 heterocycles. The van der Waals surface area contributed by atoms with Gasteiger partial charge in [0, 0.05) is 44.4 Å².